The molecule has 0 aliphatic carbocycles. The van der Waals surface area contributed by atoms with E-state index in [-0.39, 0.29) is 5.02 Å². The van der Waals surface area contributed by atoms with Gasteiger partial charge in [-0.1, -0.05) is 11.6 Å². The molecule has 0 amide bonds. The number of aryl methyl sites for hydroxylation is 1. The third kappa shape index (κ3) is 2.04. The molecule has 1 aromatic heterocycles. The first-order chi connectivity index (χ1) is 9.04. The lowest BCUT2D eigenvalue weighted by molar-refractivity contribution is 0.614. The van der Waals surface area contributed by atoms with E-state index >= 15 is 0 Å². The first-order valence-corrected chi connectivity index (χ1v) is 6.04. The predicted octanol–water partition coefficient (Wildman–Crippen LogP) is 4.18. The van der Waals surface area contributed by atoms with E-state index in [9.17, 15) is 4.39 Å². The van der Waals surface area contributed by atoms with Crippen LogP contribution in [0.2, 0.25) is 5.02 Å². The van der Waals surface area contributed by atoms with Crippen molar-refractivity contribution in [2.75, 3.05) is 5.73 Å². The van der Waals surface area contributed by atoms with Crippen LogP contribution in [-0.4, -0.2) is 4.98 Å². The number of halogens is 2. The zero-order chi connectivity index (χ0) is 13.6. The van der Waals surface area contributed by atoms with Crippen molar-refractivity contribution in [2.45, 2.75) is 6.92 Å². The van der Waals surface area contributed by atoms with Crippen molar-refractivity contribution in [2.24, 2.45) is 0 Å². The Bertz CT molecular complexity index is 782. The van der Waals surface area contributed by atoms with Gasteiger partial charge in [-0.05, 0) is 42.8 Å². The van der Waals surface area contributed by atoms with E-state index in [1.807, 2.05) is 13.0 Å². The highest BCUT2D eigenvalue weighted by Gasteiger charge is 2.12. The van der Waals surface area contributed by atoms with Crippen LogP contribution in [0, 0.1) is 12.7 Å². The second-order valence-corrected chi connectivity index (χ2v) is 4.74. The Morgan fingerprint density at radius 1 is 1.26 bits per heavy atom. The lowest BCUT2D eigenvalue weighted by atomic mass is 10.2. The molecule has 2 N–H and O–H groups in total. The normalized spacial score (nSPS) is 11.1. The molecule has 96 valence electrons. The maximum absolute atomic E-state index is 13.1. The number of rotatable bonds is 1. The summed E-state index contributed by atoms with van der Waals surface area (Å²) < 4.78 is 18.8. The molecule has 3 rings (SSSR count). The van der Waals surface area contributed by atoms with E-state index in [1.54, 1.807) is 12.1 Å². The summed E-state index contributed by atoms with van der Waals surface area (Å²) in [6, 6.07) is 7.90. The summed E-state index contributed by atoms with van der Waals surface area (Å²) in [5.41, 5.74) is 9.27. The van der Waals surface area contributed by atoms with Crippen molar-refractivity contribution >= 4 is 28.4 Å². The Labute approximate surface area is 113 Å². The number of hydrogen-bond acceptors (Lipinski definition) is 3. The van der Waals surface area contributed by atoms with Crippen LogP contribution in [0.3, 0.4) is 0 Å². The van der Waals surface area contributed by atoms with Gasteiger partial charge in [0.05, 0.1) is 5.02 Å². The van der Waals surface area contributed by atoms with E-state index < -0.39 is 5.82 Å². The van der Waals surface area contributed by atoms with Gasteiger partial charge in [0.15, 0.2) is 5.58 Å². The van der Waals surface area contributed by atoms with E-state index in [4.69, 9.17) is 21.8 Å². The van der Waals surface area contributed by atoms with Gasteiger partial charge in [0.25, 0.3) is 0 Å². The van der Waals surface area contributed by atoms with E-state index in [0.29, 0.717) is 28.2 Å². The van der Waals surface area contributed by atoms with Crippen molar-refractivity contribution in [3.8, 4) is 11.5 Å². The molecule has 3 nitrogen and oxygen atoms in total. The third-order valence-corrected chi connectivity index (χ3v) is 3.15. The Hall–Kier alpha value is -2.07. The van der Waals surface area contributed by atoms with Gasteiger partial charge < -0.3 is 10.2 Å². The molecule has 3 aromatic rings. The standard InChI is InChI=1S/C14H10ClFN2O/c1-7-4-9(17)6-12-13(7)19-14(18-12)8-2-3-11(16)10(15)5-8/h2-6H,17H2,1H3. The van der Waals surface area contributed by atoms with Crippen molar-refractivity contribution in [3.63, 3.8) is 0 Å². The Morgan fingerprint density at radius 3 is 2.79 bits per heavy atom. The van der Waals surface area contributed by atoms with Crippen molar-refractivity contribution < 1.29 is 8.81 Å². The van der Waals surface area contributed by atoms with Crippen LogP contribution in [0.1, 0.15) is 5.56 Å². The van der Waals surface area contributed by atoms with Crippen LogP contribution in [-0.2, 0) is 0 Å². The van der Waals surface area contributed by atoms with Crippen LogP contribution in [0.5, 0.6) is 0 Å². The molecule has 0 aliphatic rings. The maximum Gasteiger partial charge on any atom is 0.227 e. The number of hydrogen-bond donors (Lipinski definition) is 1. The van der Waals surface area contributed by atoms with Crippen molar-refractivity contribution in [3.05, 3.63) is 46.7 Å². The molecule has 0 fully saturated rings. The fourth-order valence-corrected chi connectivity index (χ4v) is 2.16. The van der Waals surface area contributed by atoms with Crippen molar-refractivity contribution in [1.82, 2.24) is 4.98 Å². The fraction of sp³-hybridized carbons (Fsp3) is 0.0714. The predicted molar refractivity (Wildman–Crippen MR) is 73.6 cm³/mol. The second-order valence-electron chi connectivity index (χ2n) is 4.33. The quantitative estimate of drug-likeness (QED) is 0.678. The molecule has 0 bridgehead atoms. The summed E-state index contributed by atoms with van der Waals surface area (Å²) in [6.07, 6.45) is 0. The summed E-state index contributed by atoms with van der Waals surface area (Å²) in [4.78, 5) is 4.35. The highest BCUT2D eigenvalue weighted by atomic mass is 35.5. The smallest absolute Gasteiger partial charge is 0.227 e. The van der Waals surface area contributed by atoms with Gasteiger partial charge in [-0.2, -0.15) is 0 Å². The average molecular weight is 277 g/mol. The number of anilines is 1. The molecule has 0 saturated heterocycles. The van der Waals surface area contributed by atoms with E-state index in [0.717, 1.165) is 5.56 Å². The fourth-order valence-electron chi connectivity index (χ4n) is 1.98. The number of benzene rings is 2. The molecule has 0 aliphatic heterocycles. The molecule has 5 heteroatoms. The van der Waals surface area contributed by atoms with E-state index in [2.05, 4.69) is 4.98 Å². The molecule has 1 heterocycles. The molecule has 0 saturated carbocycles. The van der Waals surface area contributed by atoms with Gasteiger partial charge in [-0.15, -0.1) is 0 Å². The topological polar surface area (TPSA) is 52.0 Å². The lowest BCUT2D eigenvalue weighted by Gasteiger charge is -1.97. The second kappa shape index (κ2) is 4.24. The van der Waals surface area contributed by atoms with Crippen LogP contribution >= 0.6 is 11.6 Å². The first-order valence-electron chi connectivity index (χ1n) is 5.66. The van der Waals surface area contributed by atoms with Crippen LogP contribution in [0.15, 0.2) is 34.7 Å². The summed E-state index contributed by atoms with van der Waals surface area (Å²) in [5, 5.41) is 0.0380. The van der Waals surface area contributed by atoms with Gasteiger partial charge in [-0.3, -0.25) is 0 Å². The largest absolute Gasteiger partial charge is 0.436 e. The van der Waals surface area contributed by atoms with Gasteiger partial charge >= 0.3 is 0 Å². The minimum Gasteiger partial charge on any atom is -0.436 e. The van der Waals surface area contributed by atoms with Gasteiger partial charge in [0.1, 0.15) is 11.3 Å². The molecule has 0 atom stereocenters. The molecule has 0 unspecified atom stereocenters. The van der Waals surface area contributed by atoms with Crippen LogP contribution in [0.4, 0.5) is 10.1 Å². The minimum absolute atomic E-state index is 0.0380. The zero-order valence-corrected chi connectivity index (χ0v) is 10.8. The van der Waals surface area contributed by atoms with Gasteiger partial charge in [-0.25, -0.2) is 9.37 Å². The lowest BCUT2D eigenvalue weighted by Crippen LogP contribution is -1.85. The number of nitrogen functional groups attached to an aromatic ring is 1. The maximum atomic E-state index is 13.1. The average Bonchev–Trinajstić information content (AvgIpc) is 2.76. The Balaban J connectivity index is 2.20. The molecule has 19 heavy (non-hydrogen) atoms. The number of oxazole rings is 1. The van der Waals surface area contributed by atoms with E-state index in [1.165, 1.54) is 12.1 Å². The summed E-state index contributed by atoms with van der Waals surface area (Å²) in [6.45, 7) is 1.89. The summed E-state index contributed by atoms with van der Waals surface area (Å²) in [7, 11) is 0. The van der Waals surface area contributed by atoms with Gasteiger partial charge in [0, 0.05) is 11.3 Å². The number of fused-ring (bicyclic) bond motifs is 1. The highest BCUT2D eigenvalue weighted by molar-refractivity contribution is 6.31. The molecule has 2 aromatic carbocycles. The molecular weight excluding hydrogens is 267 g/mol. The number of nitrogens with two attached hydrogens (primary N) is 1. The van der Waals surface area contributed by atoms with Gasteiger partial charge in [0.2, 0.25) is 5.89 Å². The molecule has 0 radical (unpaired) electrons. The Morgan fingerprint density at radius 2 is 2.05 bits per heavy atom. The number of nitrogens with zero attached hydrogens (tertiary/aromatic N) is 1. The monoisotopic (exact) mass is 276 g/mol. The number of aromatic nitrogens is 1. The SMILES string of the molecule is Cc1cc(N)cc2nc(-c3ccc(F)c(Cl)c3)oc12. The zero-order valence-electron chi connectivity index (χ0n) is 10.1. The molecule has 0 spiro atoms. The van der Waals surface area contributed by atoms with Crippen LogP contribution < -0.4 is 5.73 Å². The first kappa shape index (κ1) is 12.0. The summed E-state index contributed by atoms with van der Waals surface area (Å²) >= 11 is 5.75. The van der Waals surface area contributed by atoms with Crippen LogP contribution in [0.25, 0.3) is 22.6 Å². The van der Waals surface area contributed by atoms with Crippen molar-refractivity contribution in [1.29, 1.82) is 0 Å². The molecular formula is C14H10ClFN2O. The minimum atomic E-state index is -0.470. The Kier molecular flexibility index (Phi) is 2.68. The third-order valence-electron chi connectivity index (χ3n) is 2.86. The summed E-state index contributed by atoms with van der Waals surface area (Å²) in [5.74, 6) is -0.0763. The highest BCUT2D eigenvalue weighted by Crippen LogP contribution is 2.30.